The van der Waals surface area contributed by atoms with Crippen LogP contribution in [0.2, 0.25) is 0 Å². The van der Waals surface area contributed by atoms with Gasteiger partial charge in [-0.3, -0.25) is 4.99 Å². The van der Waals surface area contributed by atoms with Crippen molar-refractivity contribution in [2.24, 2.45) is 10.9 Å². The van der Waals surface area contributed by atoms with Crippen molar-refractivity contribution in [1.82, 2.24) is 14.5 Å². The van der Waals surface area contributed by atoms with Gasteiger partial charge in [0.25, 0.3) is 0 Å². The Balaban J connectivity index is 0.00000484. The molecule has 0 aromatic carbocycles. The molecule has 1 heterocycles. The highest BCUT2D eigenvalue weighted by Gasteiger charge is 2.50. The quantitative estimate of drug-likeness (QED) is 0.385. The van der Waals surface area contributed by atoms with Crippen LogP contribution in [0.1, 0.15) is 19.8 Å². The van der Waals surface area contributed by atoms with E-state index in [-0.39, 0.29) is 43.0 Å². The van der Waals surface area contributed by atoms with Crippen LogP contribution in [-0.2, 0) is 10.0 Å². The third-order valence-corrected chi connectivity index (χ3v) is 5.09. The van der Waals surface area contributed by atoms with Gasteiger partial charge in [0.15, 0.2) is 5.96 Å². The molecule has 138 valence electrons. The van der Waals surface area contributed by atoms with Gasteiger partial charge in [0, 0.05) is 40.3 Å². The van der Waals surface area contributed by atoms with Gasteiger partial charge in [-0.1, -0.05) is 0 Å². The van der Waals surface area contributed by atoms with E-state index < -0.39 is 15.5 Å². The van der Waals surface area contributed by atoms with E-state index >= 15 is 0 Å². The molecule has 1 saturated heterocycles. The number of aliphatic imine (C=N–C) groups is 1. The number of hydrogen-bond acceptors (Lipinski definition) is 3. The lowest BCUT2D eigenvalue weighted by atomic mass is 9.98. The van der Waals surface area contributed by atoms with Crippen molar-refractivity contribution in [2.75, 3.05) is 40.3 Å². The summed E-state index contributed by atoms with van der Waals surface area (Å²) in [5.41, 5.74) is -5.22. The number of halogens is 4. The summed E-state index contributed by atoms with van der Waals surface area (Å²) in [6.45, 7) is 2.92. The van der Waals surface area contributed by atoms with E-state index in [2.05, 4.69) is 10.3 Å². The van der Waals surface area contributed by atoms with Gasteiger partial charge in [0.1, 0.15) is 0 Å². The maximum absolute atomic E-state index is 12.5. The fourth-order valence-electron chi connectivity index (χ4n) is 2.21. The molecule has 1 fully saturated rings. The maximum atomic E-state index is 12.5. The van der Waals surface area contributed by atoms with Gasteiger partial charge in [-0.2, -0.15) is 17.5 Å². The van der Waals surface area contributed by atoms with E-state index in [9.17, 15) is 21.6 Å². The molecule has 0 radical (unpaired) electrons. The van der Waals surface area contributed by atoms with Crippen LogP contribution in [0, 0.1) is 5.92 Å². The summed E-state index contributed by atoms with van der Waals surface area (Å²) in [4.78, 5) is 6.24. The number of nitrogens with zero attached hydrogens (tertiary/aromatic N) is 3. The number of rotatable bonds is 4. The van der Waals surface area contributed by atoms with Gasteiger partial charge in [-0.25, -0.2) is 8.42 Å². The summed E-state index contributed by atoms with van der Waals surface area (Å²) in [5.74, 6) is 0.807. The van der Waals surface area contributed by atoms with E-state index in [1.165, 1.54) is 0 Å². The molecule has 0 amide bonds. The smallest absolute Gasteiger partial charge is 0.357 e. The van der Waals surface area contributed by atoms with E-state index in [0.29, 0.717) is 29.7 Å². The van der Waals surface area contributed by atoms with Gasteiger partial charge < -0.3 is 10.2 Å². The van der Waals surface area contributed by atoms with Crippen LogP contribution in [0.3, 0.4) is 0 Å². The van der Waals surface area contributed by atoms with Gasteiger partial charge in [0.05, 0.1) is 0 Å². The van der Waals surface area contributed by atoms with Crippen LogP contribution in [-0.4, -0.2) is 69.4 Å². The lowest BCUT2D eigenvalue weighted by Crippen LogP contribution is -2.45. The number of sulfonamides is 1. The van der Waals surface area contributed by atoms with E-state index in [1.807, 2.05) is 25.9 Å². The predicted octanol–water partition coefficient (Wildman–Crippen LogP) is 1.69. The van der Waals surface area contributed by atoms with Crippen LogP contribution in [0.4, 0.5) is 13.2 Å². The lowest BCUT2D eigenvalue weighted by Gasteiger charge is -2.31. The first-order valence-electron chi connectivity index (χ1n) is 7.11. The van der Waals surface area contributed by atoms with Crippen LogP contribution >= 0.6 is 24.0 Å². The number of alkyl halides is 3. The number of guanidine groups is 1. The highest BCUT2D eigenvalue weighted by molar-refractivity contribution is 14.0. The zero-order chi connectivity index (χ0) is 17.0. The second kappa shape index (κ2) is 9.25. The molecule has 6 nitrogen and oxygen atoms in total. The largest absolute Gasteiger partial charge is 0.511 e. The molecule has 1 N–H and O–H groups in total. The Kier molecular flexibility index (Phi) is 9.13. The summed E-state index contributed by atoms with van der Waals surface area (Å²) in [6, 6.07) is 0. The number of hydrogen-bond donors (Lipinski definition) is 1. The van der Waals surface area contributed by atoms with Gasteiger partial charge >= 0.3 is 15.5 Å². The van der Waals surface area contributed by atoms with E-state index in [1.54, 1.807) is 0 Å². The molecule has 1 aliphatic rings. The monoisotopic (exact) mass is 472 g/mol. The molecule has 0 bridgehead atoms. The predicted molar refractivity (Wildman–Crippen MR) is 94.4 cm³/mol. The van der Waals surface area contributed by atoms with Crippen molar-refractivity contribution in [3.8, 4) is 0 Å². The Morgan fingerprint density at radius 1 is 1.30 bits per heavy atom. The summed E-state index contributed by atoms with van der Waals surface area (Å²) >= 11 is 0. The zero-order valence-electron chi connectivity index (χ0n) is 13.4. The summed E-state index contributed by atoms with van der Waals surface area (Å²) in [5, 5.41) is 3.10. The fourth-order valence-corrected chi connectivity index (χ4v) is 3.19. The molecule has 0 saturated carbocycles. The first-order chi connectivity index (χ1) is 10.1. The lowest BCUT2D eigenvalue weighted by molar-refractivity contribution is -0.0496. The SMILES string of the molecule is CCNC(=NCC1CCN(S(=O)(=O)C(F)(F)F)CC1)N(C)C.I. The molecule has 0 atom stereocenters. The van der Waals surface area contributed by atoms with Crippen molar-refractivity contribution in [2.45, 2.75) is 25.3 Å². The molecule has 23 heavy (non-hydrogen) atoms. The highest BCUT2D eigenvalue weighted by atomic mass is 127. The molecule has 0 spiro atoms. The third-order valence-electron chi connectivity index (χ3n) is 3.46. The normalized spacial score (nSPS) is 18.4. The Morgan fingerprint density at radius 3 is 2.22 bits per heavy atom. The van der Waals surface area contributed by atoms with Gasteiger partial charge in [-0.05, 0) is 25.7 Å². The van der Waals surface area contributed by atoms with Gasteiger partial charge in [0.2, 0.25) is 0 Å². The number of piperidine rings is 1. The van der Waals surface area contributed by atoms with Crippen molar-refractivity contribution in [3.05, 3.63) is 0 Å². The second-order valence-electron chi connectivity index (χ2n) is 5.38. The Labute approximate surface area is 152 Å². The first kappa shape index (κ1) is 22.7. The fraction of sp³-hybridized carbons (Fsp3) is 0.917. The number of nitrogens with one attached hydrogen (secondary N) is 1. The molecule has 0 aliphatic carbocycles. The van der Waals surface area contributed by atoms with Crippen molar-refractivity contribution in [3.63, 3.8) is 0 Å². The Morgan fingerprint density at radius 2 is 1.83 bits per heavy atom. The third kappa shape index (κ3) is 6.25. The topological polar surface area (TPSA) is 65.0 Å². The van der Waals surface area contributed by atoms with Crippen LogP contribution in [0.15, 0.2) is 4.99 Å². The molecule has 1 rings (SSSR count). The molecular weight excluding hydrogens is 448 g/mol. The van der Waals surface area contributed by atoms with Crippen molar-refractivity contribution in [1.29, 1.82) is 0 Å². The molecule has 1 aliphatic heterocycles. The minimum atomic E-state index is -5.22. The van der Waals surface area contributed by atoms with Gasteiger partial charge in [-0.15, -0.1) is 24.0 Å². The molecule has 0 unspecified atom stereocenters. The Hall–Kier alpha value is -0.300. The van der Waals surface area contributed by atoms with Crippen molar-refractivity contribution < 1.29 is 21.6 Å². The zero-order valence-corrected chi connectivity index (χ0v) is 16.6. The maximum Gasteiger partial charge on any atom is 0.511 e. The van der Waals surface area contributed by atoms with Crippen molar-refractivity contribution >= 4 is 40.0 Å². The average molecular weight is 472 g/mol. The van der Waals surface area contributed by atoms with E-state index in [0.717, 1.165) is 6.54 Å². The minimum absolute atomic E-state index is 0. The molecule has 11 heteroatoms. The Bertz CT molecular complexity index is 489. The summed E-state index contributed by atoms with van der Waals surface area (Å²) < 4.78 is 60.6. The summed E-state index contributed by atoms with van der Waals surface area (Å²) in [7, 11) is -1.50. The minimum Gasteiger partial charge on any atom is -0.357 e. The van der Waals surface area contributed by atoms with E-state index in [4.69, 9.17) is 0 Å². The van der Waals surface area contributed by atoms with Crippen LogP contribution in [0.5, 0.6) is 0 Å². The van der Waals surface area contributed by atoms with Crippen LogP contribution in [0.25, 0.3) is 0 Å². The first-order valence-corrected chi connectivity index (χ1v) is 8.55. The average Bonchev–Trinajstić information content (AvgIpc) is 2.42. The van der Waals surface area contributed by atoms with Crippen LogP contribution < -0.4 is 5.32 Å². The molecule has 0 aromatic rings. The molecular formula is C12H24F3IN4O2S. The standard InChI is InChI=1S/C12H23F3N4O2S.HI/c1-4-16-11(18(2)3)17-9-10-5-7-19(8-6-10)22(20,21)12(13,14)15;/h10H,4-9H2,1-3H3,(H,16,17);1H. The molecule has 0 aromatic heterocycles. The highest BCUT2D eigenvalue weighted by Crippen LogP contribution is 2.30. The summed E-state index contributed by atoms with van der Waals surface area (Å²) in [6.07, 6.45) is 0.761. The second-order valence-corrected chi connectivity index (χ2v) is 7.31.